The van der Waals surface area contributed by atoms with Gasteiger partial charge >= 0.3 is 6.09 Å². The predicted octanol–water partition coefficient (Wildman–Crippen LogP) is 4.30. The molecule has 148 valence electrons. The summed E-state index contributed by atoms with van der Waals surface area (Å²) < 4.78 is 34.3. The zero-order valence-electron chi connectivity index (χ0n) is 15.9. The Kier molecular flexibility index (Phi) is 6.20. The van der Waals surface area contributed by atoms with Crippen molar-refractivity contribution in [3.8, 4) is 0 Å². The van der Waals surface area contributed by atoms with Crippen molar-refractivity contribution in [3.05, 3.63) is 33.7 Å². The number of likely N-dealkylation sites (tertiary alicyclic amines) is 1. The summed E-state index contributed by atoms with van der Waals surface area (Å²) >= 11 is 0. The van der Waals surface area contributed by atoms with E-state index >= 15 is 0 Å². The van der Waals surface area contributed by atoms with Crippen LogP contribution in [0.4, 0.5) is 13.6 Å². The van der Waals surface area contributed by atoms with Gasteiger partial charge < -0.3 is 9.64 Å². The van der Waals surface area contributed by atoms with Crippen molar-refractivity contribution in [2.24, 2.45) is 5.11 Å². The standard InChI is InChI=1S/C17H24F2N6O2/c1-11-21-9-13(17(18,19)10-22-24-20)14(23-11)12-5-7-25(8-6-12)15(26)27-16(2,3)4/h9,12H,5-8,10H2,1-4H3. The predicted molar refractivity (Wildman–Crippen MR) is 94.5 cm³/mol. The lowest BCUT2D eigenvalue weighted by Crippen LogP contribution is -2.41. The third-order valence-electron chi connectivity index (χ3n) is 4.20. The summed E-state index contributed by atoms with van der Waals surface area (Å²) in [5, 5.41) is 3.00. The number of rotatable bonds is 4. The molecule has 27 heavy (non-hydrogen) atoms. The number of piperidine rings is 1. The number of azide groups is 1. The van der Waals surface area contributed by atoms with Crippen LogP contribution in [0, 0.1) is 6.92 Å². The van der Waals surface area contributed by atoms with Gasteiger partial charge in [-0.25, -0.2) is 23.5 Å². The molecule has 1 aliphatic heterocycles. The molecule has 0 aromatic carbocycles. The minimum absolute atomic E-state index is 0.239. The number of hydrogen-bond donors (Lipinski definition) is 0. The second-order valence-corrected chi connectivity index (χ2v) is 7.55. The first-order valence-electron chi connectivity index (χ1n) is 8.74. The average molecular weight is 382 g/mol. The molecule has 2 rings (SSSR count). The second-order valence-electron chi connectivity index (χ2n) is 7.55. The number of aromatic nitrogens is 2. The highest BCUT2D eigenvalue weighted by Gasteiger charge is 2.38. The fourth-order valence-electron chi connectivity index (χ4n) is 2.95. The summed E-state index contributed by atoms with van der Waals surface area (Å²) in [5.41, 5.74) is 7.69. The van der Waals surface area contributed by atoms with Crippen molar-refractivity contribution >= 4 is 6.09 Å². The number of carbonyl (C=O) groups is 1. The van der Waals surface area contributed by atoms with Gasteiger partial charge in [0, 0.05) is 30.1 Å². The van der Waals surface area contributed by atoms with Crippen LogP contribution in [0.15, 0.2) is 11.3 Å². The minimum Gasteiger partial charge on any atom is -0.444 e. The van der Waals surface area contributed by atoms with E-state index in [1.807, 2.05) is 0 Å². The molecule has 0 radical (unpaired) electrons. The lowest BCUT2D eigenvalue weighted by molar-refractivity contribution is 0.00272. The van der Waals surface area contributed by atoms with Crippen LogP contribution < -0.4 is 0 Å². The first kappa shape index (κ1) is 20.8. The summed E-state index contributed by atoms with van der Waals surface area (Å²) in [4.78, 5) is 24.3. The van der Waals surface area contributed by atoms with Crippen molar-refractivity contribution in [1.29, 1.82) is 0 Å². The minimum atomic E-state index is -3.35. The number of alkyl halides is 2. The summed E-state index contributed by atoms with van der Waals surface area (Å²) in [6, 6.07) is 0. The Morgan fingerprint density at radius 2 is 2.04 bits per heavy atom. The van der Waals surface area contributed by atoms with Crippen LogP contribution >= 0.6 is 0 Å². The third-order valence-corrected chi connectivity index (χ3v) is 4.20. The van der Waals surface area contributed by atoms with Gasteiger partial charge in [-0.2, -0.15) is 0 Å². The van der Waals surface area contributed by atoms with E-state index in [0.717, 1.165) is 6.20 Å². The molecule has 0 atom stereocenters. The molecule has 0 bridgehead atoms. The second kappa shape index (κ2) is 8.04. The summed E-state index contributed by atoms with van der Waals surface area (Å²) in [5.74, 6) is -3.20. The molecule has 0 unspecified atom stereocenters. The zero-order valence-corrected chi connectivity index (χ0v) is 15.9. The number of ether oxygens (including phenoxy) is 1. The molecule has 10 heteroatoms. The zero-order chi connectivity index (χ0) is 20.2. The van der Waals surface area contributed by atoms with Crippen LogP contribution in [-0.4, -0.2) is 46.2 Å². The lowest BCUT2D eigenvalue weighted by Gasteiger charge is -2.34. The van der Waals surface area contributed by atoms with Gasteiger partial charge in [-0.3, -0.25) is 0 Å². The molecular weight excluding hydrogens is 358 g/mol. The number of hydrogen-bond acceptors (Lipinski definition) is 5. The summed E-state index contributed by atoms with van der Waals surface area (Å²) in [6.45, 7) is 6.81. The van der Waals surface area contributed by atoms with Crippen molar-refractivity contribution < 1.29 is 18.3 Å². The van der Waals surface area contributed by atoms with Gasteiger partial charge in [-0.05, 0) is 46.1 Å². The van der Waals surface area contributed by atoms with E-state index < -0.39 is 24.2 Å². The van der Waals surface area contributed by atoms with Crippen LogP contribution in [0.3, 0.4) is 0 Å². The molecule has 0 N–H and O–H groups in total. The van der Waals surface area contributed by atoms with E-state index in [0.29, 0.717) is 31.8 Å². The Balaban J connectivity index is 2.17. The lowest BCUT2D eigenvalue weighted by atomic mass is 9.89. The van der Waals surface area contributed by atoms with Crippen molar-refractivity contribution in [2.45, 2.75) is 58.0 Å². The van der Waals surface area contributed by atoms with Crippen molar-refractivity contribution in [2.75, 3.05) is 19.6 Å². The Morgan fingerprint density at radius 1 is 1.41 bits per heavy atom. The van der Waals surface area contributed by atoms with Crippen molar-refractivity contribution in [1.82, 2.24) is 14.9 Å². The molecule has 1 aromatic rings. The van der Waals surface area contributed by atoms with Crippen LogP contribution in [-0.2, 0) is 10.7 Å². The Morgan fingerprint density at radius 3 is 2.59 bits per heavy atom. The normalized spacial score (nSPS) is 16.0. The monoisotopic (exact) mass is 382 g/mol. The van der Waals surface area contributed by atoms with Gasteiger partial charge in [0.15, 0.2) is 0 Å². The Hall–Kier alpha value is -2.48. The number of carbonyl (C=O) groups excluding carboxylic acids is 1. The van der Waals surface area contributed by atoms with Gasteiger partial charge in [-0.15, -0.1) is 0 Å². The van der Waals surface area contributed by atoms with E-state index in [-0.39, 0.29) is 17.2 Å². The van der Waals surface area contributed by atoms with E-state index in [9.17, 15) is 13.6 Å². The smallest absolute Gasteiger partial charge is 0.410 e. The maximum absolute atomic E-state index is 14.5. The first-order valence-corrected chi connectivity index (χ1v) is 8.74. The Labute approximate surface area is 156 Å². The van der Waals surface area contributed by atoms with Crippen LogP contribution in [0.25, 0.3) is 10.4 Å². The van der Waals surface area contributed by atoms with E-state index in [1.165, 1.54) is 0 Å². The number of amides is 1. The van der Waals surface area contributed by atoms with Gasteiger partial charge in [-0.1, -0.05) is 5.11 Å². The number of nitrogens with zero attached hydrogens (tertiary/aromatic N) is 6. The SMILES string of the molecule is Cc1ncc(C(F)(F)CN=[N+]=[N-])c(C2CCN(C(=O)OC(C)(C)C)CC2)n1. The first-order chi connectivity index (χ1) is 12.5. The topological polar surface area (TPSA) is 104 Å². The largest absolute Gasteiger partial charge is 0.444 e. The molecule has 0 aliphatic carbocycles. The summed E-state index contributed by atoms with van der Waals surface area (Å²) in [6.07, 6.45) is 1.67. The average Bonchev–Trinajstić information content (AvgIpc) is 2.58. The number of halogens is 2. The molecule has 0 saturated carbocycles. The number of aryl methyl sites for hydroxylation is 1. The highest BCUT2D eigenvalue weighted by Crippen LogP contribution is 2.37. The third kappa shape index (κ3) is 5.50. The van der Waals surface area contributed by atoms with E-state index in [4.69, 9.17) is 10.3 Å². The van der Waals surface area contributed by atoms with Gasteiger partial charge in [0.25, 0.3) is 5.92 Å². The molecular formula is C17H24F2N6O2. The highest BCUT2D eigenvalue weighted by molar-refractivity contribution is 5.68. The quantitative estimate of drug-likeness (QED) is 0.440. The Bertz CT molecular complexity index is 735. The van der Waals surface area contributed by atoms with Gasteiger partial charge in [0.2, 0.25) is 0 Å². The molecule has 1 aromatic heterocycles. The fraction of sp³-hybridized carbons (Fsp3) is 0.706. The molecule has 1 saturated heterocycles. The van der Waals surface area contributed by atoms with Crippen molar-refractivity contribution in [3.63, 3.8) is 0 Å². The molecule has 1 aliphatic rings. The summed E-state index contributed by atoms with van der Waals surface area (Å²) in [7, 11) is 0. The maximum atomic E-state index is 14.5. The van der Waals surface area contributed by atoms with E-state index in [1.54, 1.807) is 32.6 Å². The fourth-order valence-corrected chi connectivity index (χ4v) is 2.95. The molecule has 0 spiro atoms. The van der Waals surface area contributed by atoms with Crippen LogP contribution in [0.1, 0.15) is 56.6 Å². The molecule has 2 heterocycles. The molecule has 1 amide bonds. The van der Waals surface area contributed by atoms with Crippen LogP contribution in [0.2, 0.25) is 0 Å². The molecule has 8 nitrogen and oxygen atoms in total. The van der Waals surface area contributed by atoms with Crippen LogP contribution in [0.5, 0.6) is 0 Å². The van der Waals surface area contributed by atoms with Gasteiger partial charge in [0.1, 0.15) is 11.4 Å². The van der Waals surface area contributed by atoms with Gasteiger partial charge in [0.05, 0.1) is 17.8 Å². The maximum Gasteiger partial charge on any atom is 0.410 e. The van der Waals surface area contributed by atoms with E-state index in [2.05, 4.69) is 20.0 Å². The molecule has 1 fully saturated rings. The highest BCUT2D eigenvalue weighted by atomic mass is 19.3.